The molecule has 0 fully saturated rings. The third-order valence-corrected chi connectivity index (χ3v) is 3.81. The highest BCUT2D eigenvalue weighted by Gasteiger charge is 2.14. The van der Waals surface area contributed by atoms with E-state index in [1.165, 1.54) is 10.6 Å². The molecular formula is C19H16FNO. The van der Waals surface area contributed by atoms with Crippen molar-refractivity contribution in [3.8, 4) is 5.69 Å². The van der Waals surface area contributed by atoms with E-state index in [9.17, 15) is 9.18 Å². The first kappa shape index (κ1) is 14.3. The molecular weight excluding hydrogens is 277 g/mol. The van der Waals surface area contributed by atoms with E-state index in [-0.39, 0.29) is 5.56 Å². The summed E-state index contributed by atoms with van der Waals surface area (Å²) in [6, 6.07) is 12.1. The first-order chi connectivity index (χ1) is 10.5. The molecule has 22 heavy (non-hydrogen) atoms. The molecule has 3 aromatic rings. The number of aryl methyl sites for hydroxylation is 1. The maximum atomic E-state index is 14.3. The molecule has 1 aromatic heterocycles. The van der Waals surface area contributed by atoms with Crippen molar-refractivity contribution in [3.05, 3.63) is 82.5 Å². The second-order valence-electron chi connectivity index (χ2n) is 5.45. The zero-order chi connectivity index (χ0) is 15.9. The van der Waals surface area contributed by atoms with Crippen molar-refractivity contribution in [2.45, 2.75) is 13.8 Å². The number of hydrogen-bond donors (Lipinski definition) is 0. The summed E-state index contributed by atoms with van der Waals surface area (Å²) < 4.78 is 15.7. The van der Waals surface area contributed by atoms with Gasteiger partial charge in [0.25, 0.3) is 5.56 Å². The van der Waals surface area contributed by atoms with E-state index in [1.54, 1.807) is 31.3 Å². The molecule has 0 bridgehead atoms. The Bertz CT molecular complexity index is 933. The predicted molar refractivity (Wildman–Crippen MR) is 88.9 cm³/mol. The largest absolute Gasteiger partial charge is 0.280 e. The number of para-hydroxylation sites is 1. The van der Waals surface area contributed by atoms with E-state index in [4.69, 9.17) is 0 Å². The van der Waals surface area contributed by atoms with Crippen molar-refractivity contribution < 1.29 is 4.39 Å². The Morgan fingerprint density at radius 3 is 2.41 bits per heavy atom. The van der Waals surface area contributed by atoms with Crippen LogP contribution < -0.4 is 5.56 Å². The molecule has 0 aliphatic heterocycles. The van der Waals surface area contributed by atoms with Crippen molar-refractivity contribution >= 4 is 16.3 Å². The van der Waals surface area contributed by atoms with E-state index in [0.717, 1.165) is 16.5 Å². The van der Waals surface area contributed by atoms with Crippen molar-refractivity contribution in [1.82, 2.24) is 4.57 Å². The number of hydrogen-bond acceptors (Lipinski definition) is 1. The molecule has 0 spiro atoms. The predicted octanol–water partition coefficient (Wildman–Crippen LogP) is 4.47. The van der Waals surface area contributed by atoms with Crippen LogP contribution in [0.15, 0.2) is 60.0 Å². The van der Waals surface area contributed by atoms with Gasteiger partial charge in [-0.15, -0.1) is 0 Å². The van der Waals surface area contributed by atoms with Crippen LogP contribution in [0, 0.1) is 12.7 Å². The number of fused-ring (bicyclic) bond motifs is 1. The standard InChI is InChI=1S/C19H16FNO/c1-12(2)16-11-21(18-13(3)7-6-10-17(18)20)19(22)15-9-5-4-8-14(15)16/h4-11H,1H2,2-3H3. The molecule has 0 N–H and O–H groups in total. The van der Waals surface area contributed by atoms with Gasteiger partial charge in [0.2, 0.25) is 0 Å². The summed E-state index contributed by atoms with van der Waals surface area (Å²) in [5, 5.41) is 1.40. The first-order valence-corrected chi connectivity index (χ1v) is 7.06. The zero-order valence-electron chi connectivity index (χ0n) is 12.6. The zero-order valence-corrected chi connectivity index (χ0v) is 12.6. The van der Waals surface area contributed by atoms with Gasteiger partial charge in [-0.3, -0.25) is 9.36 Å². The van der Waals surface area contributed by atoms with E-state index in [0.29, 0.717) is 16.6 Å². The highest BCUT2D eigenvalue weighted by molar-refractivity contribution is 5.92. The first-order valence-electron chi connectivity index (χ1n) is 7.06. The molecule has 3 rings (SSSR count). The maximum absolute atomic E-state index is 14.3. The van der Waals surface area contributed by atoms with Gasteiger partial charge in [-0.2, -0.15) is 0 Å². The Balaban J connectivity index is 2.49. The lowest BCUT2D eigenvalue weighted by Crippen LogP contribution is -2.20. The highest BCUT2D eigenvalue weighted by Crippen LogP contribution is 2.24. The monoisotopic (exact) mass is 293 g/mol. The fourth-order valence-corrected chi connectivity index (χ4v) is 2.73. The summed E-state index contributed by atoms with van der Waals surface area (Å²) in [5.41, 5.74) is 2.45. The van der Waals surface area contributed by atoms with Crippen LogP contribution in [-0.4, -0.2) is 4.57 Å². The summed E-state index contributed by atoms with van der Waals surface area (Å²) in [4.78, 5) is 12.8. The van der Waals surface area contributed by atoms with Crippen molar-refractivity contribution in [2.75, 3.05) is 0 Å². The van der Waals surface area contributed by atoms with Crippen LogP contribution in [0.5, 0.6) is 0 Å². The topological polar surface area (TPSA) is 22.0 Å². The Morgan fingerprint density at radius 1 is 1.09 bits per heavy atom. The SMILES string of the molecule is C=C(C)c1cn(-c2c(C)cccc2F)c(=O)c2ccccc12. The van der Waals surface area contributed by atoms with Crippen LogP contribution in [-0.2, 0) is 0 Å². The van der Waals surface area contributed by atoms with Crippen LogP contribution in [0.1, 0.15) is 18.1 Å². The fourth-order valence-electron chi connectivity index (χ4n) is 2.73. The van der Waals surface area contributed by atoms with Crippen molar-refractivity contribution in [2.24, 2.45) is 0 Å². The number of rotatable bonds is 2. The molecule has 1 heterocycles. The van der Waals surface area contributed by atoms with Crippen molar-refractivity contribution in [1.29, 1.82) is 0 Å². The second kappa shape index (κ2) is 5.26. The summed E-state index contributed by atoms with van der Waals surface area (Å²) in [5.74, 6) is -0.412. The van der Waals surface area contributed by atoms with Gasteiger partial charge in [-0.05, 0) is 42.5 Å². The summed E-state index contributed by atoms with van der Waals surface area (Å²) in [6.45, 7) is 7.65. The minimum atomic E-state index is -0.412. The molecule has 0 saturated heterocycles. The number of nitrogens with zero attached hydrogens (tertiary/aromatic N) is 1. The van der Waals surface area contributed by atoms with Gasteiger partial charge in [-0.25, -0.2) is 4.39 Å². The van der Waals surface area contributed by atoms with E-state index in [2.05, 4.69) is 6.58 Å². The van der Waals surface area contributed by atoms with Crippen LogP contribution in [0.25, 0.3) is 22.0 Å². The van der Waals surface area contributed by atoms with E-state index < -0.39 is 5.82 Å². The van der Waals surface area contributed by atoms with E-state index >= 15 is 0 Å². The summed E-state index contributed by atoms with van der Waals surface area (Å²) >= 11 is 0. The number of allylic oxidation sites excluding steroid dienone is 1. The van der Waals surface area contributed by atoms with E-state index in [1.807, 2.05) is 25.1 Å². The Labute approximate surface area is 128 Å². The maximum Gasteiger partial charge on any atom is 0.263 e. The lowest BCUT2D eigenvalue weighted by Gasteiger charge is -2.14. The van der Waals surface area contributed by atoms with Gasteiger partial charge in [0.1, 0.15) is 5.82 Å². The normalized spacial score (nSPS) is 10.9. The molecule has 0 atom stereocenters. The molecule has 3 heteroatoms. The third kappa shape index (κ3) is 2.15. The third-order valence-electron chi connectivity index (χ3n) is 3.81. The van der Waals surface area contributed by atoms with Gasteiger partial charge in [0.05, 0.1) is 5.69 Å². The van der Waals surface area contributed by atoms with Crippen LogP contribution in [0.4, 0.5) is 4.39 Å². The smallest absolute Gasteiger partial charge is 0.263 e. The molecule has 0 aliphatic carbocycles. The van der Waals surface area contributed by atoms with Gasteiger partial charge >= 0.3 is 0 Å². The van der Waals surface area contributed by atoms with Crippen molar-refractivity contribution in [3.63, 3.8) is 0 Å². The number of halogens is 1. The summed E-state index contributed by atoms with van der Waals surface area (Å²) in [6.07, 6.45) is 1.68. The quantitative estimate of drug-likeness (QED) is 0.683. The molecule has 0 radical (unpaired) electrons. The second-order valence-corrected chi connectivity index (χ2v) is 5.45. The van der Waals surface area contributed by atoms with Gasteiger partial charge in [0.15, 0.2) is 0 Å². The molecule has 0 unspecified atom stereocenters. The van der Waals surface area contributed by atoms with Crippen LogP contribution >= 0.6 is 0 Å². The number of pyridine rings is 1. The minimum Gasteiger partial charge on any atom is -0.280 e. The molecule has 110 valence electrons. The van der Waals surface area contributed by atoms with Gasteiger partial charge in [-0.1, -0.05) is 36.9 Å². The molecule has 0 aliphatic rings. The molecule has 2 aromatic carbocycles. The lowest BCUT2D eigenvalue weighted by atomic mass is 10.0. The number of aromatic nitrogens is 1. The fraction of sp³-hybridized carbons (Fsp3) is 0.105. The molecule has 0 amide bonds. The summed E-state index contributed by atoms with van der Waals surface area (Å²) in [7, 11) is 0. The average molecular weight is 293 g/mol. The lowest BCUT2D eigenvalue weighted by molar-refractivity contribution is 0.615. The average Bonchev–Trinajstić information content (AvgIpc) is 2.49. The van der Waals surface area contributed by atoms with Crippen LogP contribution in [0.3, 0.4) is 0 Å². The molecule has 0 saturated carbocycles. The van der Waals surface area contributed by atoms with Gasteiger partial charge in [0, 0.05) is 17.1 Å². The van der Waals surface area contributed by atoms with Crippen LogP contribution in [0.2, 0.25) is 0 Å². The Hall–Kier alpha value is -2.68. The van der Waals surface area contributed by atoms with Gasteiger partial charge < -0.3 is 0 Å². The minimum absolute atomic E-state index is 0.228. The number of benzene rings is 2. The Morgan fingerprint density at radius 2 is 1.77 bits per heavy atom. The Kier molecular flexibility index (Phi) is 3.41. The highest BCUT2D eigenvalue weighted by atomic mass is 19.1. The molecule has 2 nitrogen and oxygen atoms in total.